The molecule has 0 saturated carbocycles. The molecule has 0 aliphatic heterocycles. The topological polar surface area (TPSA) is 53.4 Å². The maximum Gasteiger partial charge on any atom is 0.255 e. The van der Waals surface area contributed by atoms with E-state index in [9.17, 15) is 4.79 Å². The van der Waals surface area contributed by atoms with E-state index >= 15 is 0 Å². The first-order valence-corrected chi connectivity index (χ1v) is 5.77. The van der Waals surface area contributed by atoms with E-state index < -0.39 is 0 Å². The van der Waals surface area contributed by atoms with Gasteiger partial charge >= 0.3 is 0 Å². The van der Waals surface area contributed by atoms with E-state index in [1.54, 1.807) is 23.4 Å². The van der Waals surface area contributed by atoms with E-state index in [0.29, 0.717) is 18.7 Å². The average molecular weight is 320 g/mol. The molecule has 0 atom stereocenters. The highest BCUT2D eigenvalue weighted by atomic mass is 127. The summed E-state index contributed by atoms with van der Waals surface area (Å²) in [6.07, 6.45) is 3.24. The van der Waals surface area contributed by atoms with Crippen molar-refractivity contribution in [2.24, 2.45) is 0 Å². The quantitative estimate of drug-likeness (QED) is 0.847. The molecule has 1 heterocycles. The highest BCUT2D eigenvalue weighted by Crippen LogP contribution is 2.08. The lowest BCUT2D eigenvalue weighted by Gasteiger charge is -2.19. The van der Waals surface area contributed by atoms with Crippen LogP contribution in [0, 0.1) is 3.57 Å². The number of aromatic nitrogens is 1. The lowest BCUT2D eigenvalue weighted by atomic mass is 10.2. The molecule has 1 amide bonds. The molecule has 0 aliphatic carbocycles. The number of carbonyl (C=O) groups is 1. The molecule has 1 aromatic rings. The zero-order chi connectivity index (χ0) is 11.3. The SMILES string of the molecule is CCN(CCO)C(=O)c1cncc(I)c1. The molecule has 0 bridgehead atoms. The maximum atomic E-state index is 11.9. The van der Waals surface area contributed by atoms with E-state index in [4.69, 9.17) is 5.11 Å². The van der Waals surface area contributed by atoms with Gasteiger partial charge < -0.3 is 10.0 Å². The summed E-state index contributed by atoms with van der Waals surface area (Å²) in [5, 5.41) is 8.81. The summed E-state index contributed by atoms with van der Waals surface area (Å²) in [6, 6.07) is 1.79. The van der Waals surface area contributed by atoms with Gasteiger partial charge in [0, 0.05) is 29.1 Å². The monoisotopic (exact) mass is 320 g/mol. The second-order valence-corrected chi connectivity index (χ2v) is 4.25. The number of aliphatic hydroxyl groups excluding tert-OH is 1. The highest BCUT2D eigenvalue weighted by molar-refractivity contribution is 14.1. The zero-order valence-electron chi connectivity index (χ0n) is 8.48. The van der Waals surface area contributed by atoms with Crippen LogP contribution < -0.4 is 0 Å². The number of nitrogens with zero attached hydrogens (tertiary/aromatic N) is 2. The minimum Gasteiger partial charge on any atom is -0.395 e. The van der Waals surface area contributed by atoms with Crippen molar-refractivity contribution in [3.05, 3.63) is 27.6 Å². The van der Waals surface area contributed by atoms with Crippen LogP contribution in [0.2, 0.25) is 0 Å². The Morgan fingerprint density at radius 1 is 1.60 bits per heavy atom. The van der Waals surface area contributed by atoms with Crippen LogP contribution in [-0.4, -0.2) is 40.6 Å². The summed E-state index contributed by atoms with van der Waals surface area (Å²) in [5.41, 5.74) is 0.567. The minimum absolute atomic E-state index is 0.0169. The third-order valence-corrected chi connectivity index (χ3v) is 2.58. The molecular formula is C10H13IN2O2. The van der Waals surface area contributed by atoms with Crippen LogP contribution in [-0.2, 0) is 0 Å². The first kappa shape index (κ1) is 12.4. The molecule has 0 spiro atoms. The van der Waals surface area contributed by atoms with Crippen molar-refractivity contribution in [3.63, 3.8) is 0 Å². The maximum absolute atomic E-state index is 11.9. The predicted octanol–water partition coefficient (Wildman–Crippen LogP) is 1.14. The van der Waals surface area contributed by atoms with Gasteiger partial charge in [0.2, 0.25) is 0 Å². The molecule has 0 radical (unpaired) electrons. The Morgan fingerprint density at radius 2 is 2.33 bits per heavy atom. The van der Waals surface area contributed by atoms with Crippen molar-refractivity contribution in [1.82, 2.24) is 9.88 Å². The molecular weight excluding hydrogens is 307 g/mol. The smallest absolute Gasteiger partial charge is 0.255 e. The van der Waals surface area contributed by atoms with Crippen molar-refractivity contribution < 1.29 is 9.90 Å². The van der Waals surface area contributed by atoms with Gasteiger partial charge in [0.25, 0.3) is 5.91 Å². The van der Waals surface area contributed by atoms with Gasteiger partial charge in [-0.1, -0.05) is 0 Å². The largest absolute Gasteiger partial charge is 0.395 e. The fourth-order valence-electron chi connectivity index (χ4n) is 1.24. The Hall–Kier alpha value is -0.690. The number of aliphatic hydroxyl groups is 1. The molecule has 1 aromatic heterocycles. The van der Waals surface area contributed by atoms with Gasteiger partial charge in [0.05, 0.1) is 12.2 Å². The van der Waals surface area contributed by atoms with E-state index in [2.05, 4.69) is 27.6 Å². The molecule has 0 fully saturated rings. The predicted molar refractivity (Wildman–Crippen MR) is 65.6 cm³/mol. The Labute approximate surface area is 102 Å². The lowest BCUT2D eigenvalue weighted by Crippen LogP contribution is -2.33. The number of amides is 1. The zero-order valence-corrected chi connectivity index (χ0v) is 10.6. The molecule has 0 aromatic carbocycles. The summed E-state index contributed by atoms with van der Waals surface area (Å²) >= 11 is 2.11. The first-order chi connectivity index (χ1) is 7.19. The molecule has 0 saturated heterocycles. The molecule has 0 unspecified atom stereocenters. The number of hydrogen-bond acceptors (Lipinski definition) is 3. The Balaban J connectivity index is 2.82. The van der Waals surface area contributed by atoms with Crippen molar-refractivity contribution >= 4 is 28.5 Å². The van der Waals surface area contributed by atoms with Gasteiger partial charge in [-0.15, -0.1) is 0 Å². The van der Waals surface area contributed by atoms with E-state index in [1.807, 2.05) is 6.92 Å². The molecule has 5 heteroatoms. The number of carbonyl (C=O) groups excluding carboxylic acids is 1. The molecule has 1 rings (SSSR count). The van der Waals surface area contributed by atoms with Crippen molar-refractivity contribution in [1.29, 1.82) is 0 Å². The molecule has 15 heavy (non-hydrogen) atoms. The summed E-state index contributed by atoms with van der Waals surface area (Å²) in [5.74, 6) is -0.0856. The number of halogens is 1. The van der Waals surface area contributed by atoms with Crippen LogP contribution in [0.1, 0.15) is 17.3 Å². The van der Waals surface area contributed by atoms with Gasteiger partial charge in [-0.3, -0.25) is 9.78 Å². The minimum atomic E-state index is -0.0856. The molecule has 4 nitrogen and oxygen atoms in total. The van der Waals surface area contributed by atoms with Gasteiger partial charge in [0.15, 0.2) is 0 Å². The fourth-order valence-corrected chi connectivity index (χ4v) is 1.73. The van der Waals surface area contributed by atoms with Crippen molar-refractivity contribution in [3.8, 4) is 0 Å². The van der Waals surface area contributed by atoms with E-state index in [-0.39, 0.29) is 12.5 Å². The normalized spacial score (nSPS) is 10.1. The standard InChI is InChI=1S/C10H13IN2O2/c1-2-13(3-4-14)10(15)8-5-9(11)7-12-6-8/h5-7,14H,2-4H2,1H3. The van der Waals surface area contributed by atoms with Crippen LogP contribution in [0.5, 0.6) is 0 Å². The van der Waals surface area contributed by atoms with Gasteiger partial charge in [-0.05, 0) is 35.6 Å². The van der Waals surface area contributed by atoms with Gasteiger partial charge in [-0.2, -0.15) is 0 Å². The van der Waals surface area contributed by atoms with Crippen LogP contribution in [0.4, 0.5) is 0 Å². The van der Waals surface area contributed by atoms with Crippen LogP contribution >= 0.6 is 22.6 Å². The molecule has 1 N–H and O–H groups in total. The summed E-state index contributed by atoms with van der Waals surface area (Å²) in [7, 11) is 0. The number of hydrogen-bond donors (Lipinski definition) is 1. The van der Waals surface area contributed by atoms with Crippen LogP contribution in [0.25, 0.3) is 0 Å². The summed E-state index contributed by atoms with van der Waals surface area (Å²) in [6.45, 7) is 2.82. The third-order valence-electron chi connectivity index (χ3n) is 1.99. The lowest BCUT2D eigenvalue weighted by molar-refractivity contribution is 0.0731. The Kier molecular flexibility index (Phi) is 4.97. The van der Waals surface area contributed by atoms with Crippen molar-refractivity contribution in [2.75, 3.05) is 19.7 Å². The Bertz CT molecular complexity index is 344. The summed E-state index contributed by atoms with van der Waals surface area (Å²) in [4.78, 5) is 17.4. The number of pyridine rings is 1. The number of rotatable bonds is 4. The third kappa shape index (κ3) is 3.42. The van der Waals surface area contributed by atoms with Gasteiger partial charge in [-0.25, -0.2) is 0 Å². The summed E-state index contributed by atoms with van der Waals surface area (Å²) < 4.78 is 0.929. The highest BCUT2D eigenvalue weighted by Gasteiger charge is 2.13. The van der Waals surface area contributed by atoms with E-state index in [1.165, 1.54) is 0 Å². The van der Waals surface area contributed by atoms with E-state index in [0.717, 1.165) is 3.57 Å². The molecule has 0 aliphatic rings. The average Bonchev–Trinajstić information content (AvgIpc) is 2.25. The van der Waals surface area contributed by atoms with Crippen LogP contribution in [0.15, 0.2) is 18.5 Å². The second-order valence-electron chi connectivity index (χ2n) is 3.00. The van der Waals surface area contributed by atoms with Crippen molar-refractivity contribution in [2.45, 2.75) is 6.92 Å². The fraction of sp³-hybridized carbons (Fsp3) is 0.400. The second kappa shape index (κ2) is 6.02. The Morgan fingerprint density at radius 3 is 2.87 bits per heavy atom. The van der Waals surface area contributed by atoms with Crippen LogP contribution in [0.3, 0.4) is 0 Å². The molecule has 82 valence electrons. The first-order valence-electron chi connectivity index (χ1n) is 4.69. The number of likely N-dealkylation sites (N-methyl/N-ethyl adjacent to an activating group) is 1. The van der Waals surface area contributed by atoms with Gasteiger partial charge in [0.1, 0.15) is 0 Å².